The van der Waals surface area contributed by atoms with Gasteiger partial charge in [-0.05, 0) is 68.0 Å². The summed E-state index contributed by atoms with van der Waals surface area (Å²) in [5, 5.41) is 13.3. The van der Waals surface area contributed by atoms with E-state index in [9.17, 15) is 9.90 Å². The highest BCUT2D eigenvalue weighted by molar-refractivity contribution is 7.16. The quantitative estimate of drug-likeness (QED) is 0.402. The van der Waals surface area contributed by atoms with E-state index >= 15 is 0 Å². The first-order valence-corrected chi connectivity index (χ1v) is 11.7. The molecule has 0 aliphatic heterocycles. The lowest BCUT2D eigenvalue weighted by molar-refractivity contribution is 0.0579. The zero-order valence-electron chi connectivity index (χ0n) is 17.3. The van der Waals surface area contributed by atoms with E-state index < -0.39 is 0 Å². The van der Waals surface area contributed by atoms with E-state index in [2.05, 4.69) is 34.6 Å². The molecule has 2 aromatic carbocycles. The fourth-order valence-corrected chi connectivity index (χ4v) is 5.11. The van der Waals surface area contributed by atoms with Crippen molar-refractivity contribution in [3.8, 4) is 5.75 Å². The summed E-state index contributed by atoms with van der Waals surface area (Å²) < 4.78 is 6.94. The van der Waals surface area contributed by atoms with Gasteiger partial charge in [0.15, 0.2) is 0 Å². The number of nitrogens with one attached hydrogen (secondary N) is 2. The molecular weight excluding hydrogens is 396 g/mol. The predicted octanol–water partition coefficient (Wildman–Crippen LogP) is 4.17. The minimum Gasteiger partial charge on any atom is -0.506 e. The third-order valence-electron chi connectivity index (χ3n) is 5.83. The lowest BCUT2D eigenvalue weighted by Gasteiger charge is -2.11. The van der Waals surface area contributed by atoms with Gasteiger partial charge >= 0.3 is 4.87 Å². The van der Waals surface area contributed by atoms with Gasteiger partial charge in [-0.2, -0.15) is 0 Å². The van der Waals surface area contributed by atoms with Crippen LogP contribution in [0.3, 0.4) is 0 Å². The van der Waals surface area contributed by atoms with Crippen molar-refractivity contribution in [3.63, 3.8) is 0 Å². The average Bonchev–Trinajstić information content (AvgIpc) is 3.34. The first-order valence-electron chi connectivity index (χ1n) is 10.9. The molecule has 0 spiro atoms. The molecule has 1 aliphatic rings. The van der Waals surface area contributed by atoms with E-state index in [4.69, 9.17) is 4.74 Å². The van der Waals surface area contributed by atoms with Crippen molar-refractivity contribution < 1.29 is 9.84 Å². The third kappa shape index (κ3) is 5.31. The molecule has 30 heavy (non-hydrogen) atoms. The number of hydrogen-bond donors (Lipinski definition) is 3. The molecule has 4 rings (SSSR count). The van der Waals surface area contributed by atoms with Crippen LogP contribution < -0.4 is 10.2 Å². The number of aromatic amines is 1. The Morgan fingerprint density at radius 3 is 2.60 bits per heavy atom. The van der Waals surface area contributed by atoms with Crippen LogP contribution in [0.25, 0.3) is 10.2 Å². The Morgan fingerprint density at radius 2 is 1.80 bits per heavy atom. The standard InChI is InChI=1S/C24H30N2O3S/c27-21-10-9-17(23-22(21)26-24(28)30-23)11-13-25-12-5-1-2-6-14-29-20-15-18-7-3-4-8-19(18)16-20/h3-4,7-10,20,25,27H,1-2,5-6,11-16H2,(H,26,28). The van der Waals surface area contributed by atoms with Crippen LogP contribution in [0.1, 0.15) is 42.4 Å². The van der Waals surface area contributed by atoms with Gasteiger partial charge in [-0.1, -0.05) is 54.5 Å². The highest BCUT2D eigenvalue weighted by Crippen LogP contribution is 2.28. The SMILES string of the molecule is O=c1[nH]c2c(O)ccc(CCNCCCCCCOC3Cc4ccccc4C3)c2s1. The highest BCUT2D eigenvalue weighted by atomic mass is 32.1. The second-order valence-electron chi connectivity index (χ2n) is 8.05. The fourth-order valence-electron chi connectivity index (χ4n) is 4.21. The number of fused-ring (bicyclic) bond motifs is 2. The summed E-state index contributed by atoms with van der Waals surface area (Å²) in [7, 11) is 0. The number of aromatic hydroxyl groups is 1. The van der Waals surface area contributed by atoms with Crippen molar-refractivity contribution in [1.82, 2.24) is 10.3 Å². The number of ether oxygens (including phenoxy) is 1. The smallest absolute Gasteiger partial charge is 0.305 e. The van der Waals surface area contributed by atoms with E-state index in [0.29, 0.717) is 11.6 Å². The molecule has 0 radical (unpaired) electrons. The zero-order valence-corrected chi connectivity index (χ0v) is 18.1. The minimum absolute atomic E-state index is 0.123. The fraction of sp³-hybridized carbons (Fsp3) is 0.458. The van der Waals surface area contributed by atoms with Gasteiger partial charge in [0.2, 0.25) is 0 Å². The van der Waals surface area contributed by atoms with Gasteiger partial charge in [-0.15, -0.1) is 0 Å². The lowest BCUT2D eigenvalue weighted by Crippen LogP contribution is -2.18. The number of H-pyrrole nitrogens is 1. The Labute approximate surface area is 181 Å². The van der Waals surface area contributed by atoms with Gasteiger partial charge < -0.3 is 20.1 Å². The number of rotatable bonds is 11. The molecule has 0 unspecified atom stereocenters. The molecule has 5 nitrogen and oxygen atoms in total. The van der Waals surface area contributed by atoms with Crippen molar-refractivity contribution in [2.24, 2.45) is 0 Å². The summed E-state index contributed by atoms with van der Waals surface area (Å²) in [5.74, 6) is 0.140. The van der Waals surface area contributed by atoms with Gasteiger partial charge in [0, 0.05) is 6.61 Å². The zero-order chi connectivity index (χ0) is 20.8. The molecule has 1 aliphatic carbocycles. The van der Waals surface area contributed by atoms with E-state index in [1.807, 2.05) is 6.07 Å². The maximum Gasteiger partial charge on any atom is 0.305 e. The van der Waals surface area contributed by atoms with Crippen molar-refractivity contribution in [3.05, 3.63) is 62.8 Å². The minimum atomic E-state index is -0.123. The summed E-state index contributed by atoms with van der Waals surface area (Å²) >= 11 is 1.17. The summed E-state index contributed by atoms with van der Waals surface area (Å²) in [6.45, 7) is 2.74. The molecule has 1 heterocycles. The number of hydrogen-bond acceptors (Lipinski definition) is 5. The Morgan fingerprint density at radius 1 is 1.03 bits per heavy atom. The highest BCUT2D eigenvalue weighted by Gasteiger charge is 2.20. The Kier molecular flexibility index (Phi) is 7.20. The molecule has 0 atom stereocenters. The first kappa shape index (κ1) is 21.1. The van der Waals surface area contributed by atoms with E-state index in [0.717, 1.165) is 62.1 Å². The topological polar surface area (TPSA) is 74.4 Å². The maximum atomic E-state index is 11.6. The van der Waals surface area contributed by atoms with Gasteiger partial charge in [-0.3, -0.25) is 4.79 Å². The van der Waals surface area contributed by atoms with E-state index in [1.165, 1.54) is 35.3 Å². The molecule has 3 aromatic rings. The van der Waals surface area contributed by atoms with Gasteiger partial charge in [0.05, 0.1) is 10.8 Å². The summed E-state index contributed by atoms with van der Waals surface area (Å²) in [5.41, 5.74) is 4.57. The Balaban J connectivity index is 1.04. The predicted molar refractivity (Wildman–Crippen MR) is 123 cm³/mol. The molecule has 0 saturated heterocycles. The first-order chi connectivity index (χ1) is 14.7. The van der Waals surface area contributed by atoms with Crippen LogP contribution in [0.5, 0.6) is 5.75 Å². The normalized spacial score (nSPS) is 13.9. The van der Waals surface area contributed by atoms with Crippen LogP contribution in [-0.4, -0.2) is 35.9 Å². The number of aromatic nitrogens is 1. The Hall–Kier alpha value is -2.15. The maximum absolute atomic E-state index is 11.6. The largest absolute Gasteiger partial charge is 0.506 e. The van der Waals surface area contributed by atoms with Crippen LogP contribution in [0.15, 0.2) is 41.2 Å². The van der Waals surface area contributed by atoms with Gasteiger partial charge in [0.1, 0.15) is 11.3 Å². The molecule has 3 N–H and O–H groups in total. The average molecular weight is 427 g/mol. The van der Waals surface area contributed by atoms with Crippen molar-refractivity contribution in [2.45, 2.75) is 51.0 Å². The molecule has 0 saturated carbocycles. The van der Waals surface area contributed by atoms with Crippen molar-refractivity contribution >= 4 is 21.6 Å². The monoisotopic (exact) mass is 426 g/mol. The molecule has 0 fully saturated rings. The second-order valence-corrected chi connectivity index (χ2v) is 9.03. The molecule has 160 valence electrons. The number of unbranched alkanes of at least 4 members (excludes halogenated alkanes) is 3. The van der Waals surface area contributed by atoms with Gasteiger partial charge in [0.25, 0.3) is 0 Å². The summed E-state index contributed by atoms with van der Waals surface area (Å²) in [6, 6.07) is 12.2. The second kappa shape index (κ2) is 10.2. The van der Waals surface area contributed by atoms with E-state index in [1.54, 1.807) is 6.07 Å². The van der Waals surface area contributed by atoms with Crippen LogP contribution in [-0.2, 0) is 24.0 Å². The van der Waals surface area contributed by atoms with Gasteiger partial charge in [-0.25, -0.2) is 0 Å². The lowest BCUT2D eigenvalue weighted by atomic mass is 10.1. The third-order valence-corrected chi connectivity index (χ3v) is 6.78. The number of phenolic OH excluding ortho intramolecular Hbond substituents is 1. The number of benzene rings is 2. The molecule has 0 bridgehead atoms. The molecule has 0 amide bonds. The summed E-state index contributed by atoms with van der Waals surface area (Å²) in [4.78, 5) is 14.2. The molecular formula is C24H30N2O3S. The van der Waals surface area contributed by atoms with E-state index in [-0.39, 0.29) is 10.6 Å². The van der Waals surface area contributed by atoms with Crippen LogP contribution in [0.2, 0.25) is 0 Å². The van der Waals surface area contributed by atoms with Crippen LogP contribution in [0.4, 0.5) is 0 Å². The molecule has 1 aromatic heterocycles. The van der Waals surface area contributed by atoms with Crippen molar-refractivity contribution in [2.75, 3.05) is 19.7 Å². The number of thiazole rings is 1. The molecule has 6 heteroatoms. The number of phenols is 1. The van der Waals surface area contributed by atoms with Crippen LogP contribution in [0, 0.1) is 0 Å². The Bertz CT molecular complexity index is 1000. The van der Waals surface area contributed by atoms with Crippen LogP contribution >= 0.6 is 11.3 Å². The van der Waals surface area contributed by atoms with Crippen molar-refractivity contribution in [1.29, 1.82) is 0 Å². The summed E-state index contributed by atoms with van der Waals surface area (Å²) in [6.07, 6.45) is 8.06.